The Morgan fingerprint density at radius 2 is 1.71 bits per heavy atom. The molecular formula is C15H10BrFN4O2S. The van der Waals surface area contributed by atoms with E-state index in [0.717, 1.165) is 6.07 Å². The average molecular weight is 409 g/mol. The van der Waals surface area contributed by atoms with Gasteiger partial charge in [-0.1, -0.05) is 12.1 Å². The van der Waals surface area contributed by atoms with Crippen molar-refractivity contribution >= 4 is 51.0 Å². The minimum absolute atomic E-state index is 0.0183. The van der Waals surface area contributed by atoms with Crippen molar-refractivity contribution in [1.82, 2.24) is 20.8 Å². The normalized spacial score (nSPS) is 10.6. The third-order valence-electron chi connectivity index (χ3n) is 3.24. The number of halogens is 2. The molecule has 0 aliphatic rings. The van der Waals surface area contributed by atoms with Crippen molar-refractivity contribution in [3.63, 3.8) is 0 Å². The Morgan fingerprint density at radius 1 is 1.04 bits per heavy atom. The molecule has 24 heavy (non-hydrogen) atoms. The maximum Gasteiger partial charge on any atom is 0.271 e. The Hall–Kier alpha value is -2.52. The van der Waals surface area contributed by atoms with Crippen LogP contribution in [0.1, 0.15) is 20.7 Å². The number of hydrogen-bond donors (Lipinski definition) is 4. The highest BCUT2D eigenvalue weighted by atomic mass is 79.9. The maximum absolute atomic E-state index is 13.6. The Bertz CT molecular complexity index is 1010. The highest BCUT2D eigenvalue weighted by Gasteiger charge is 2.16. The molecule has 0 fully saturated rings. The standard InChI is InChI=1S/C15H10BrFN4O2S/c16-10-4-2-1-3-8(10)13(22)20-21-14(23)9-5-7(17)6-11-12(9)19-15(24)18-11/h1-6H,(H,20,22)(H,21,23)(H2,18,19,24). The fourth-order valence-corrected chi connectivity index (χ4v) is 2.86. The molecule has 0 aliphatic heterocycles. The second-order valence-corrected chi connectivity index (χ2v) is 6.11. The lowest BCUT2D eigenvalue weighted by atomic mass is 10.1. The summed E-state index contributed by atoms with van der Waals surface area (Å²) < 4.78 is 14.5. The van der Waals surface area contributed by atoms with Gasteiger partial charge in [0, 0.05) is 4.47 Å². The van der Waals surface area contributed by atoms with Gasteiger partial charge < -0.3 is 9.97 Å². The van der Waals surface area contributed by atoms with E-state index in [1.807, 2.05) is 0 Å². The number of benzene rings is 2. The van der Waals surface area contributed by atoms with Gasteiger partial charge in [0.25, 0.3) is 11.8 Å². The van der Waals surface area contributed by atoms with Gasteiger partial charge in [-0.25, -0.2) is 4.39 Å². The number of imidazole rings is 1. The van der Waals surface area contributed by atoms with E-state index in [9.17, 15) is 14.0 Å². The first-order chi connectivity index (χ1) is 11.5. The monoisotopic (exact) mass is 408 g/mol. The Balaban J connectivity index is 1.82. The molecule has 0 radical (unpaired) electrons. The van der Waals surface area contributed by atoms with Crippen molar-refractivity contribution in [3.05, 3.63) is 62.6 Å². The number of amides is 2. The minimum atomic E-state index is -0.676. The van der Waals surface area contributed by atoms with E-state index < -0.39 is 17.6 Å². The summed E-state index contributed by atoms with van der Waals surface area (Å²) in [5.41, 5.74) is 5.63. The van der Waals surface area contributed by atoms with Crippen molar-refractivity contribution in [1.29, 1.82) is 0 Å². The van der Waals surface area contributed by atoms with E-state index in [-0.39, 0.29) is 10.3 Å². The number of fused-ring (bicyclic) bond motifs is 1. The summed E-state index contributed by atoms with van der Waals surface area (Å²) in [7, 11) is 0. The molecule has 0 spiro atoms. The topological polar surface area (TPSA) is 89.8 Å². The van der Waals surface area contributed by atoms with E-state index in [1.165, 1.54) is 6.07 Å². The van der Waals surface area contributed by atoms with Crippen LogP contribution in [0.3, 0.4) is 0 Å². The van der Waals surface area contributed by atoms with Crippen LogP contribution in [0.2, 0.25) is 0 Å². The molecule has 3 aromatic rings. The van der Waals surface area contributed by atoms with E-state index in [1.54, 1.807) is 24.3 Å². The molecule has 0 aliphatic carbocycles. The highest BCUT2D eigenvalue weighted by molar-refractivity contribution is 9.10. The fourth-order valence-electron chi connectivity index (χ4n) is 2.18. The summed E-state index contributed by atoms with van der Waals surface area (Å²) in [4.78, 5) is 29.9. The minimum Gasteiger partial charge on any atom is -0.331 e. The Morgan fingerprint density at radius 3 is 2.42 bits per heavy atom. The molecule has 1 heterocycles. The highest BCUT2D eigenvalue weighted by Crippen LogP contribution is 2.18. The van der Waals surface area contributed by atoms with Crippen LogP contribution in [-0.2, 0) is 0 Å². The Kier molecular flexibility index (Phi) is 4.45. The smallest absolute Gasteiger partial charge is 0.271 e. The number of hydrogen-bond acceptors (Lipinski definition) is 3. The zero-order chi connectivity index (χ0) is 17.3. The van der Waals surface area contributed by atoms with Crippen LogP contribution in [0.5, 0.6) is 0 Å². The first kappa shape index (κ1) is 16.3. The number of rotatable bonds is 2. The lowest BCUT2D eigenvalue weighted by molar-refractivity contribution is 0.0847. The molecule has 9 heteroatoms. The molecule has 122 valence electrons. The van der Waals surface area contributed by atoms with Crippen LogP contribution in [0.4, 0.5) is 4.39 Å². The summed E-state index contributed by atoms with van der Waals surface area (Å²) in [5.74, 6) is -1.79. The maximum atomic E-state index is 13.6. The zero-order valence-electron chi connectivity index (χ0n) is 11.9. The van der Waals surface area contributed by atoms with Gasteiger partial charge in [0.2, 0.25) is 0 Å². The third kappa shape index (κ3) is 3.22. The number of nitrogens with one attached hydrogen (secondary N) is 4. The third-order valence-corrected chi connectivity index (χ3v) is 4.14. The van der Waals surface area contributed by atoms with Crippen molar-refractivity contribution in [3.8, 4) is 0 Å². The predicted octanol–water partition coefficient (Wildman–Crippen LogP) is 3.20. The van der Waals surface area contributed by atoms with Crippen LogP contribution in [0.25, 0.3) is 11.0 Å². The van der Waals surface area contributed by atoms with Gasteiger partial charge in [0.1, 0.15) is 5.82 Å². The van der Waals surface area contributed by atoms with Gasteiger partial charge in [-0.3, -0.25) is 20.4 Å². The number of H-pyrrole nitrogens is 2. The first-order valence-corrected chi connectivity index (χ1v) is 7.92. The van der Waals surface area contributed by atoms with E-state index >= 15 is 0 Å². The lowest BCUT2D eigenvalue weighted by Crippen LogP contribution is -2.41. The van der Waals surface area contributed by atoms with Crippen molar-refractivity contribution < 1.29 is 14.0 Å². The largest absolute Gasteiger partial charge is 0.331 e. The molecule has 2 amide bonds. The number of hydrazine groups is 1. The van der Waals surface area contributed by atoms with Crippen molar-refractivity contribution in [2.24, 2.45) is 0 Å². The number of aromatic nitrogens is 2. The van der Waals surface area contributed by atoms with Gasteiger partial charge >= 0.3 is 0 Å². The van der Waals surface area contributed by atoms with Gasteiger partial charge in [0.05, 0.1) is 22.2 Å². The molecule has 0 atom stereocenters. The van der Waals surface area contributed by atoms with Crippen LogP contribution >= 0.6 is 28.1 Å². The molecule has 0 saturated heterocycles. The predicted molar refractivity (Wildman–Crippen MR) is 92.5 cm³/mol. The SMILES string of the molecule is O=C(NNC(=O)c1cc(F)cc2[nH]c(=S)[nH]c12)c1ccccc1Br. The second kappa shape index (κ2) is 6.54. The molecule has 3 rings (SSSR count). The van der Waals surface area contributed by atoms with E-state index in [4.69, 9.17) is 12.2 Å². The van der Waals surface area contributed by atoms with Gasteiger partial charge in [0.15, 0.2) is 4.77 Å². The summed E-state index contributed by atoms with van der Waals surface area (Å²) in [6, 6.07) is 9.02. The van der Waals surface area contributed by atoms with Crippen LogP contribution in [0, 0.1) is 10.6 Å². The quantitative estimate of drug-likeness (QED) is 0.387. The summed E-state index contributed by atoms with van der Waals surface area (Å²) >= 11 is 8.20. The van der Waals surface area contributed by atoms with E-state index in [2.05, 4.69) is 36.7 Å². The summed E-state index contributed by atoms with van der Waals surface area (Å²) in [6.45, 7) is 0. The molecular weight excluding hydrogens is 399 g/mol. The van der Waals surface area contributed by atoms with Crippen molar-refractivity contribution in [2.75, 3.05) is 0 Å². The molecule has 1 aromatic heterocycles. The molecule has 6 nitrogen and oxygen atoms in total. The Labute approximate surface area is 148 Å². The van der Waals surface area contributed by atoms with Crippen LogP contribution in [-0.4, -0.2) is 21.8 Å². The summed E-state index contributed by atoms with van der Waals surface area (Å²) in [6.07, 6.45) is 0. The average Bonchev–Trinajstić information content (AvgIpc) is 2.91. The van der Waals surface area contributed by atoms with Gasteiger partial charge in [-0.2, -0.15) is 0 Å². The lowest BCUT2D eigenvalue weighted by Gasteiger charge is -2.09. The number of aromatic amines is 2. The molecule has 0 saturated carbocycles. The number of carbonyl (C=O) groups is 2. The zero-order valence-corrected chi connectivity index (χ0v) is 14.3. The second-order valence-electron chi connectivity index (χ2n) is 4.84. The van der Waals surface area contributed by atoms with E-state index in [0.29, 0.717) is 21.1 Å². The van der Waals surface area contributed by atoms with Crippen LogP contribution in [0.15, 0.2) is 40.9 Å². The summed E-state index contributed by atoms with van der Waals surface area (Å²) in [5, 5.41) is 0. The van der Waals surface area contributed by atoms with Gasteiger partial charge in [-0.15, -0.1) is 0 Å². The van der Waals surface area contributed by atoms with Crippen molar-refractivity contribution in [2.45, 2.75) is 0 Å². The molecule has 2 aromatic carbocycles. The first-order valence-electron chi connectivity index (χ1n) is 6.72. The molecule has 0 bridgehead atoms. The fraction of sp³-hybridized carbons (Fsp3) is 0. The van der Waals surface area contributed by atoms with Gasteiger partial charge in [-0.05, 0) is 52.4 Å². The number of carbonyl (C=O) groups excluding carboxylic acids is 2. The van der Waals surface area contributed by atoms with Crippen LogP contribution < -0.4 is 10.9 Å². The molecule has 4 N–H and O–H groups in total. The molecule has 0 unspecified atom stereocenters.